The van der Waals surface area contributed by atoms with Crippen molar-refractivity contribution in [1.82, 2.24) is 10.2 Å². The lowest BCUT2D eigenvalue weighted by atomic mass is 9.93. The van der Waals surface area contributed by atoms with Crippen molar-refractivity contribution in [2.45, 2.75) is 19.4 Å². The first-order chi connectivity index (χ1) is 9.61. The summed E-state index contributed by atoms with van der Waals surface area (Å²) in [5.41, 5.74) is 0.348. The number of halogens is 1. The molecule has 0 radical (unpaired) electrons. The molecule has 2 saturated heterocycles. The quantitative estimate of drug-likeness (QED) is 0.878. The molecule has 2 N–H and O–H groups in total. The van der Waals surface area contributed by atoms with Crippen LogP contribution in [0.15, 0.2) is 18.2 Å². The van der Waals surface area contributed by atoms with Gasteiger partial charge in [-0.05, 0) is 36.5 Å². The van der Waals surface area contributed by atoms with Gasteiger partial charge >= 0.3 is 0 Å². The van der Waals surface area contributed by atoms with Gasteiger partial charge in [-0.3, -0.25) is 4.79 Å². The minimum Gasteiger partial charge on any atom is -0.507 e. The Morgan fingerprint density at radius 2 is 2.30 bits per heavy atom. The maximum Gasteiger partial charge on any atom is 0.257 e. The van der Waals surface area contributed by atoms with Gasteiger partial charge in [0.15, 0.2) is 0 Å². The maximum absolute atomic E-state index is 12.7. The van der Waals surface area contributed by atoms with Crippen molar-refractivity contribution < 1.29 is 9.90 Å². The van der Waals surface area contributed by atoms with E-state index in [0.29, 0.717) is 22.4 Å². The van der Waals surface area contributed by atoms with Crippen molar-refractivity contribution in [3.63, 3.8) is 0 Å². The molecular weight excluding hydrogens is 276 g/mol. The highest BCUT2D eigenvalue weighted by atomic mass is 35.5. The van der Waals surface area contributed by atoms with E-state index >= 15 is 0 Å². The van der Waals surface area contributed by atoms with Crippen LogP contribution >= 0.6 is 11.6 Å². The highest BCUT2D eigenvalue weighted by molar-refractivity contribution is 6.30. The molecule has 20 heavy (non-hydrogen) atoms. The predicted molar refractivity (Wildman–Crippen MR) is 78.1 cm³/mol. The summed E-state index contributed by atoms with van der Waals surface area (Å²) in [6.45, 7) is 4.86. The first kappa shape index (κ1) is 13.7. The average Bonchev–Trinajstić information content (AvgIpc) is 2.97. The van der Waals surface area contributed by atoms with Crippen LogP contribution in [0.1, 0.15) is 23.7 Å². The molecule has 0 aromatic heterocycles. The minimum absolute atomic E-state index is 0.0347. The van der Waals surface area contributed by atoms with E-state index < -0.39 is 0 Å². The van der Waals surface area contributed by atoms with E-state index in [-0.39, 0.29) is 17.7 Å². The van der Waals surface area contributed by atoms with E-state index in [4.69, 9.17) is 11.6 Å². The van der Waals surface area contributed by atoms with Crippen LogP contribution in [0.3, 0.4) is 0 Å². The number of phenols is 1. The van der Waals surface area contributed by atoms with Crippen LogP contribution in [0.4, 0.5) is 0 Å². The molecule has 2 fully saturated rings. The van der Waals surface area contributed by atoms with E-state index in [0.717, 1.165) is 26.1 Å². The van der Waals surface area contributed by atoms with Crippen LogP contribution in [-0.2, 0) is 0 Å². The third-order valence-electron chi connectivity index (χ3n) is 4.59. The van der Waals surface area contributed by atoms with E-state index in [1.54, 1.807) is 12.1 Å². The van der Waals surface area contributed by atoms with Crippen molar-refractivity contribution in [3.05, 3.63) is 28.8 Å². The summed E-state index contributed by atoms with van der Waals surface area (Å²) in [5.74, 6) is 0.963. The number of phenolic OH excluding ortho intramolecular Hbond substituents is 1. The van der Waals surface area contributed by atoms with Gasteiger partial charge in [-0.2, -0.15) is 0 Å². The van der Waals surface area contributed by atoms with E-state index in [9.17, 15) is 9.90 Å². The number of fused-ring (bicyclic) bond motifs is 1. The summed E-state index contributed by atoms with van der Waals surface area (Å²) in [6.07, 6.45) is 0.947. The minimum atomic E-state index is -0.0829. The number of hydrogen-bond donors (Lipinski definition) is 2. The third-order valence-corrected chi connectivity index (χ3v) is 4.82. The van der Waals surface area contributed by atoms with Gasteiger partial charge in [0, 0.05) is 30.7 Å². The lowest BCUT2D eigenvalue weighted by molar-refractivity contribution is 0.0708. The molecule has 0 aliphatic carbocycles. The molecule has 2 heterocycles. The van der Waals surface area contributed by atoms with Crippen LogP contribution in [0, 0.1) is 11.8 Å². The Bertz CT molecular complexity index is 535. The van der Waals surface area contributed by atoms with Crippen molar-refractivity contribution >= 4 is 17.5 Å². The Balaban J connectivity index is 1.86. The van der Waals surface area contributed by atoms with Gasteiger partial charge in [0.05, 0.1) is 5.56 Å². The summed E-state index contributed by atoms with van der Waals surface area (Å²) >= 11 is 5.82. The Kier molecular flexibility index (Phi) is 3.61. The van der Waals surface area contributed by atoms with Crippen molar-refractivity contribution in [1.29, 1.82) is 0 Å². The molecule has 2 aliphatic heterocycles. The smallest absolute Gasteiger partial charge is 0.257 e. The fourth-order valence-corrected chi connectivity index (χ4v) is 3.79. The second-order valence-corrected chi connectivity index (χ2v) is 6.11. The van der Waals surface area contributed by atoms with Crippen LogP contribution < -0.4 is 5.32 Å². The zero-order valence-corrected chi connectivity index (χ0v) is 12.2. The third kappa shape index (κ3) is 2.17. The zero-order chi connectivity index (χ0) is 14.3. The molecule has 2 aliphatic rings. The zero-order valence-electron chi connectivity index (χ0n) is 11.5. The number of rotatable bonds is 2. The molecule has 108 valence electrons. The predicted octanol–water partition coefficient (Wildman–Crippen LogP) is 2.12. The standard InChI is InChI=1S/C15H19ClN2O2/c1-2-13-12-7-17-6-9(12)8-18(13)15(20)11-4-3-10(16)5-14(11)19/h3-5,9,12-13,17,19H,2,6-8H2,1H3. The fourth-order valence-electron chi connectivity index (χ4n) is 3.62. The number of nitrogens with one attached hydrogen (secondary N) is 1. The fraction of sp³-hybridized carbons (Fsp3) is 0.533. The molecule has 1 aromatic rings. The second-order valence-electron chi connectivity index (χ2n) is 5.68. The van der Waals surface area contributed by atoms with Gasteiger partial charge in [-0.1, -0.05) is 18.5 Å². The normalized spacial score (nSPS) is 28.7. The number of nitrogens with zero attached hydrogens (tertiary/aromatic N) is 1. The van der Waals surface area contributed by atoms with E-state index in [2.05, 4.69) is 12.2 Å². The van der Waals surface area contributed by atoms with Crippen LogP contribution in [0.25, 0.3) is 0 Å². The topological polar surface area (TPSA) is 52.6 Å². The van der Waals surface area contributed by atoms with Crippen molar-refractivity contribution in [3.8, 4) is 5.75 Å². The monoisotopic (exact) mass is 294 g/mol. The lowest BCUT2D eigenvalue weighted by Crippen LogP contribution is -2.39. The summed E-state index contributed by atoms with van der Waals surface area (Å²) < 4.78 is 0. The summed E-state index contributed by atoms with van der Waals surface area (Å²) in [7, 11) is 0. The Morgan fingerprint density at radius 3 is 3.00 bits per heavy atom. The Morgan fingerprint density at radius 1 is 1.50 bits per heavy atom. The first-order valence-electron chi connectivity index (χ1n) is 7.12. The van der Waals surface area contributed by atoms with Gasteiger partial charge in [0.2, 0.25) is 0 Å². The van der Waals surface area contributed by atoms with Gasteiger partial charge < -0.3 is 15.3 Å². The number of amides is 1. The van der Waals surface area contributed by atoms with Gasteiger partial charge in [0.25, 0.3) is 5.91 Å². The number of likely N-dealkylation sites (tertiary alicyclic amines) is 1. The second kappa shape index (κ2) is 5.26. The van der Waals surface area contributed by atoms with Crippen molar-refractivity contribution in [2.24, 2.45) is 11.8 Å². The SMILES string of the molecule is CCC1C2CNCC2CN1C(=O)c1ccc(Cl)cc1O. The molecule has 4 nitrogen and oxygen atoms in total. The Hall–Kier alpha value is -1.26. The molecular formula is C15H19ClN2O2. The molecule has 5 heteroatoms. The first-order valence-corrected chi connectivity index (χ1v) is 7.49. The average molecular weight is 295 g/mol. The van der Waals surface area contributed by atoms with Gasteiger partial charge in [-0.25, -0.2) is 0 Å². The molecule has 3 atom stereocenters. The Labute approximate surface area is 123 Å². The molecule has 3 rings (SSSR count). The van der Waals surface area contributed by atoms with Gasteiger partial charge in [-0.15, -0.1) is 0 Å². The summed E-state index contributed by atoms with van der Waals surface area (Å²) in [6, 6.07) is 4.94. The lowest BCUT2D eigenvalue weighted by Gasteiger charge is -2.27. The summed E-state index contributed by atoms with van der Waals surface area (Å²) in [4.78, 5) is 14.6. The van der Waals surface area contributed by atoms with E-state index in [1.807, 2.05) is 4.90 Å². The number of aromatic hydroxyl groups is 1. The molecule has 3 unspecified atom stereocenters. The maximum atomic E-state index is 12.7. The molecule has 0 bridgehead atoms. The van der Waals surface area contributed by atoms with Gasteiger partial charge in [0.1, 0.15) is 5.75 Å². The number of carbonyl (C=O) groups is 1. The van der Waals surface area contributed by atoms with Crippen LogP contribution in [0.2, 0.25) is 5.02 Å². The highest BCUT2D eigenvalue weighted by Crippen LogP contribution is 2.36. The van der Waals surface area contributed by atoms with Crippen molar-refractivity contribution in [2.75, 3.05) is 19.6 Å². The molecule has 1 amide bonds. The molecule has 1 aromatic carbocycles. The van der Waals surface area contributed by atoms with Crippen LogP contribution in [-0.4, -0.2) is 41.6 Å². The van der Waals surface area contributed by atoms with E-state index in [1.165, 1.54) is 6.07 Å². The molecule has 0 spiro atoms. The largest absolute Gasteiger partial charge is 0.507 e. The number of hydrogen-bond acceptors (Lipinski definition) is 3. The number of carbonyl (C=O) groups excluding carboxylic acids is 1. The van der Waals surface area contributed by atoms with Crippen LogP contribution in [0.5, 0.6) is 5.75 Å². The highest BCUT2D eigenvalue weighted by Gasteiger charge is 2.45. The summed E-state index contributed by atoms with van der Waals surface area (Å²) in [5, 5.41) is 13.8. The molecule has 0 saturated carbocycles. The number of benzene rings is 1.